The Morgan fingerprint density at radius 1 is 1.33 bits per heavy atom. The number of hydrogen-bond donors (Lipinski definition) is 1. The van der Waals surface area contributed by atoms with Gasteiger partial charge in [0.05, 0.1) is 4.75 Å². The molecule has 0 heterocycles. The second-order valence-electron chi connectivity index (χ2n) is 5.86. The number of nitrogens with one attached hydrogen (secondary N) is 1. The van der Waals surface area contributed by atoms with Crippen LogP contribution in [-0.4, -0.2) is 32.0 Å². The average Bonchev–Trinajstić information content (AvgIpc) is 2.31. The molecular formula is C15H23BrFNO2S. The normalized spacial score (nSPS) is 14.2. The average molecular weight is 380 g/mol. The van der Waals surface area contributed by atoms with Crippen LogP contribution in [0.25, 0.3) is 0 Å². The summed E-state index contributed by atoms with van der Waals surface area (Å²) >= 11 is 3.27. The van der Waals surface area contributed by atoms with Crippen LogP contribution in [0.15, 0.2) is 22.7 Å². The van der Waals surface area contributed by atoms with Crippen molar-refractivity contribution in [2.75, 3.05) is 12.8 Å². The first-order chi connectivity index (χ1) is 9.57. The Bertz CT molecular complexity index is 567. The van der Waals surface area contributed by atoms with Gasteiger partial charge in [-0.1, -0.05) is 22.9 Å². The van der Waals surface area contributed by atoms with Gasteiger partial charge in [-0.3, -0.25) is 0 Å². The van der Waals surface area contributed by atoms with Crippen LogP contribution < -0.4 is 5.32 Å². The van der Waals surface area contributed by atoms with Crippen LogP contribution in [0.1, 0.15) is 32.8 Å². The zero-order valence-corrected chi connectivity index (χ0v) is 15.3. The highest BCUT2D eigenvalue weighted by Crippen LogP contribution is 2.25. The Hall–Kier alpha value is -0.460. The van der Waals surface area contributed by atoms with E-state index in [0.717, 1.165) is 18.5 Å². The van der Waals surface area contributed by atoms with Gasteiger partial charge in [-0.2, -0.15) is 0 Å². The van der Waals surface area contributed by atoms with Crippen molar-refractivity contribution >= 4 is 25.8 Å². The van der Waals surface area contributed by atoms with Gasteiger partial charge in [0.1, 0.15) is 5.82 Å². The van der Waals surface area contributed by atoms with Gasteiger partial charge in [0.15, 0.2) is 9.84 Å². The van der Waals surface area contributed by atoms with Crippen LogP contribution in [-0.2, 0) is 16.3 Å². The maximum atomic E-state index is 13.5. The summed E-state index contributed by atoms with van der Waals surface area (Å²) in [7, 11) is -3.24. The lowest BCUT2D eigenvalue weighted by Crippen LogP contribution is -2.52. The Kier molecular flexibility index (Phi) is 6.37. The summed E-state index contributed by atoms with van der Waals surface area (Å²) in [6.07, 6.45) is 2.61. The van der Waals surface area contributed by atoms with Crippen molar-refractivity contribution in [3.63, 3.8) is 0 Å². The van der Waals surface area contributed by atoms with E-state index in [0.29, 0.717) is 10.9 Å². The molecule has 0 bridgehead atoms. The maximum Gasteiger partial charge on any atom is 0.154 e. The fourth-order valence-electron chi connectivity index (χ4n) is 2.11. The first-order valence-electron chi connectivity index (χ1n) is 6.96. The first-order valence-corrected chi connectivity index (χ1v) is 9.64. The molecule has 0 fully saturated rings. The fraction of sp³-hybridized carbons (Fsp3) is 0.600. The molecule has 1 aromatic rings. The van der Waals surface area contributed by atoms with E-state index in [2.05, 4.69) is 21.2 Å². The molecule has 1 N–H and O–H groups in total. The minimum atomic E-state index is -3.24. The number of benzene rings is 1. The molecule has 0 saturated carbocycles. The van der Waals surface area contributed by atoms with E-state index in [1.165, 1.54) is 18.4 Å². The third kappa shape index (κ3) is 5.04. The summed E-state index contributed by atoms with van der Waals surface area (Å²) in [5.41, 5.74) is 0.771. The van der Waals surface area contributed by atoms with Gasteiger partial charge in [-0.15, -0.1) is 0 Å². The summed E-state index contributed by atoms with van der Waals surface area (Å²) in [6, 6.07) is 4.38. The lowest BCUT2D eigenvalue weighted by Gasteiger charge is -2.33. The Balaban J connectivity index is 3.08. The van der Waals surface area contributed by atoms with Crippen LogP contribution >= 0.6 is 15.9 Å². The Morgan fingerprint density at radius 2 is 1.95 bits per heavy atom. The number of rotatable bonds is 7. The topological polar surface area (TPSA) is 46.2 Å². The van der Waals surface area contributed by atoms with Crippen LogP contribution in [0.3, 0.4) is 0 Å². The number of sulfone groups is 1. The zero-order valence-electron chi connectivity index (χ0n) is 12.9. The van der Waals surface area contributed by atoms with Gasteiger partial charge in [-0.25, -0.2) is 12.8 Å². The van der Waals surface area contributed by atoms with Crippen molar-refractivity contribution < 1.29 is 12.8 Å². The number of halogens is 2. The number of hydrogen-bond acceptors (Lipinski definition) is 3. The molecule has 0 aliphatic heterocycles. The van der Waals surface area contributed by atoms with E-state index in [1.54, 1.807) is 13.8 Å². The monoisotopic (exact) mass is 379 g/mol. The van der Waals surface area contributed by atoms with Gasteiger partial charge in [0, 0.05) is 16.8 Å². The van der Waals surface area contributed by atoms with E-state index < -0.39 is 14.6 Å². The minimum absolute atomic E-state index is 0.277. The highest BCUT2D eigenvalue weighted by Gasteiger charge is 2.38. The first kappa shape index (κ1) is 18.6. The molecule has 3 nitrogen and oxygen atoms in total. The molecule has 1 rings (SSSR count). The van der Waals surface area contributed by atoms with Crippen LogP contribution in [0.2, 0.25) is 0 Å². The summed E-state index contributed by atoms with van der Waals surface area (Å²) in [6.45, 7) is 6.17. The van der Waals surface area contributed by atoms with Crippen molar-refractivity contribution in [1.29, 1.82) is 0 Å². The SMILES string of the molecule is CCCNC(Cc1cc(F)cc(Br)c1)C(C)(C)S(C)(=O)=O. The maximum absolute atomic E-state index is 13.5. The van der Waals surface area contributed by atoms with Crippen molar-refractivity contribution in [1.82, 2.24) is 5.32 Å². The quantitative estimate of drug-likeness (QED) is 0.790. The van der Waals surface area contributed by atoms with E-state index in [4.69, 9.17) is 0 Å². The Labute approximate surface area is 135 Å². The predicted molar refractivity (Wildman–Crippen MR) is 88.8 cm³/mol. The standard InChI is InChI=1S/C15H23BrFNO2S/c1-5-6-18-14(15(2,3)21(4,19)20)9-11-7-12(16)10-13(17)8-11/h7-8,10,14,18H,5-6,9H2,1-4H3. The van der Waals surface area contributed by atoms with Gasteiger partial charge in [0.2, 0.25) is 0 Å². The van der Waals surface area contributed by atoms with Crippen molar-refractivity contribution in [2.24, 2.45) is 0 Å². The zero-order chi connectivity index (χ0) is 16.3. The lowest BCUT2D eigenvalue weighted by molar-refractivity contribution is 0.405. The molecular weight excluding hydrogens is 357 g/mol. The van der Waals surface area contributed by atoms with Gasteiger partial charge in [-0.05, 0) is 57.0 Å². The molecule has 120 valence electrons. The molecule has 0 radical (unpaired) electrons. The van der Waals surface area contributed by atoms with E-state index in [-0.39, 0.29) is 11.9 Å². The van der Waals surface area contributed by atoms with Crippen molar-refractivity contribution in [3.05, 3.63) is 34.1 Å². The molecule has 0 aromatic heterocycles. The molecule has 0 aliphatic carbocycles. The molecule has 1 unspecified atom stereocenters. The van der Waals surface area contributed by atoms with Gasteiger partial charge < -0.3 is 5.32 Å². The summed E-state index contributed by atoms with van der Waals surface area (Å²) in [5, 5.41) is 3.29. The molecule has 21 heavy (non-hydrogen) atoms. The highest BCUT2D eigenvalue weighted by molar-refractivity contribution is 9.10. The summed E-state index contributed by atoms with van der Waals surface area (Å²) in [5.74, 6) is -0.328. The highest BCUT2D eigenvalue weighted by atomic mass is 79.9. The molecule has 0 spiro atoms. The summed E-state index contributed by atoms with van der Waals surface area (Å²) in [4.78, 5) is 0. The molecule has 1 aromatic carbocycles. The predicted octanol–water partition coefficient (Wildman–Crippen LogP) is 3.32. The molecule has 0 aliphatic rings. The molecule has 0 amide bonds. The minimum Gasteiger partial charge on any atom is -0.312 e. The van der Waals surface area contributed by atoms with Gasteiger partial charge in [0.25, 0.3) is 0 Å². The molecule has 1 atom stereocenters. The largest absolute Gasteiger partial charge is 0.312 e. The Morgan fingerprint density at radius 3 is 2.43 bits per heavy atom. The van der Waals surface area contributed by atoms with Crippen LogP contribution in [0, 0.1) is 5.82 Å². The smallest absolute Gasteiger partial charge is 0.154 e. The third-order valence-corrected chi connectivity index (χ3v) is 6.45. The lowest BCUT2D eigenvalue weighted by atomic mass is 9.95. The molecule has 6 heteroatoms. The van der Waals surface area contributed by atoms with Crippen molar-refractivity contribution in [3.8, 4) is 0 Å². The van der Waals surface area contributed by atoms with Crippen LogP contribution in [0.4, 0.5) is 4.39 Å². The second-order valence-corrected chi connectivity index (χ2v) is 9.38. The van der Waals surface area contributed by atoms with Crippen molar-refractivity contribution in [2.45, 2.75) is 44.4 Å². The van der Waals surface area contributed by atoms with Crippen LogP contribution in [0.5, 0.6) is 0 Å². The fourth-order valence-corrected chi connectivity index (χ4v) is 3.30. The van der Waals surface area contributed by atoms with Gasteiger partial charge >= 0.3 is 0 Å². The van der Waals surface area contributed by atoms with E-state index in [9.17, 15) is 12.8 Å². The second kappa shape index (κ2) is 7.20. The van der Waals surface area contributed by atoms with E-state index in [1.807, 2.05) is 13.0 Å². The third-order valence-electron chi connectivity index (χ3n) is 3.80. The molecule has 0 saturated heterocycles. The summed E-state index contributed by atoms with van der Waals surface area (Å²) < 4.78 is 37.3. The van der Waals surface area contributed by atoms with E-state index >= 15 is 0 Å².